The molecule has 0 aliphatic carbocycles. The first-order valence-corrected chi connectivity index (χ1v) is 6.69. The van der Waals surface area contributed by atoms with Gasteiger partial charge in [-0.15, -0.1) is 0 Å². The van der Waals surface area contributed by atoms with E-state index in [1.807, 2.05) is 0 Å². The molecule has 0 spiro atoms. The summed E-state index contributed by atoms with van der Waals surface area (Å²) in [6.45, 7) is 0. The number of nitrogens with zero attached hydrogens (tertiary/aromatic N) is 2. The van der Waals surface area contributed by atoms with Crippen molar-refractivity contribution in [1.29, 1.82) is 0 Å². The zero-order valence-corrected chi connectivity index (χ0v) is 13.2. The zero-order chi connectivity index (χ0) is 13.5. The summed E-state index contributed by atoms with van der Waals surface area (Å²) in [5.41, 5.74) is 0. The molecule has 2 nitrogen and oxygen atoms in total. The van der Waals surface area contributed by atoms with Gasteiger partial charge in [-0.1, -0.05) is 0 Å². The second kappa shape index (κ2) is 11.3. The molecule has 0 amide bonds. The van der Waals surface area contributed by atoms with E-state index in [1.54, 1.807) is 0 Å². The van der Waals surface area contributed by atoms with Gasteiger partial charge in [0.2, 0.25) is 0 Å². The molecule has 0 N–H and O–H groups in total. The van der Waals surface area contributed by atoms with Crippen LogP contribution in [0, 0.1) is 0 Å². The molecule has 0 fully saturated rings. The monoisotopic (exact) mass is 310 g/mol. The van der Waals surface area contributed by atoms with Gasteiger partial charge in [0.25, 0.3) is 0 Å². The van der Waals surface area contributed by atoms with Gasteiger partial charge < -0.3 is 18.4 Å². The van der Waals surface area contributed by atoms with E-state index in [0.29, 0.717) is 0 Å². The molecular weight excluding hydrogens is 286 g/mol. The van der Waals surface area contributed by atoms with E-state index in [4.69, 9.17) is 0 Å². The van der Waals surface area contributed by atoms with Crippen LogP contribution >= 0.6 is 0 Å². The maximum absolute atomic E-state index is 9.88. The van der Waals surface area contributed by atoms with Crippen LogP contribution in [0.5, 0.6) is 0 Å². The first kappa shape index (κ1) is 30.3. The summed E-state index contributed by atoms with van der Waals surface area (Å²) in [4.78, 5) is 0. The molecule has 17 heavy (non-hydrogen) atoms. The predicted octanol–water partition coefficient (Wildman–Crippen LogP) is -3.67. The summed E-state index contributed by atoms with van der Waals surface area (Å²) in [6.07, 6.45) is 0. The average Bonchev–Trinajstić information content (AvgIpc) is 1.41. The molecule has 0 radical (unpaired) electrons. The number of hydrogen-bond donors (Lipinski definition) is 0. The summed E-state index contributed by atoms with van der Waals surface area (Å²) >= 11 is -7.00. The van der Waals surface area contributed by atoms with Crippen LogP contribution in [0.2, 0.25) is 0 Å². The second-order valence-electron chi connectivity index (χ2n) is 5.80. The van der Waals surface area contributed by atoms with E-state index in [2.05, 4.69) is 56.4 Å². The van der Waals surface area contributed by atoms with E-state index in [9.17, 15) is 12.4 Å². The zero-order valence-electron chi connectivity index (χ0n) is 11.7. The molecule has 0 aromatic rings. The van der Waals surface area contributed by atoms with Crippen molar-refractivity contribution in [1.82, 2.24) is 0 Å². The van der Waals surface area contributed by atoms with Gasteiger partial charge in [0.1, 0.15) is 0 Å². The van der Waals surface area contributed by atoms with Crippen LogP contribution in [0.4, 0.5) is 12.4 Å². The fourth-order valence-corrected chi connectivity index (χ4v) is 0. The molecule has 0 saturated heterocycles. The third-order valence-corrected chi connectivity index (χ3v) is 0. The van der Waals surface area contributed by atoms with Gasteiger partial charge in [-0.25, -0.2) is 0 Å². The Morgan fingerprint density at radius 1 is 0.529 bits per heavy atom. The third-order valence-electron chi connectivity index (χ3n) is 0. The number of hydrogen-bond acceptors (Lipinski definition) is 0. The van der Waals surface area contributed by atoms with E-state index < -0.39 is 18.7 Å². The summed E-state index contributed by atoms with van der Waals surface area (Å²) in [6, 6.07) is 0. The van der Waals surface area contributed by atoms with Crippen LogP contribution in [0.3, 0.4) is 0 Å². The first-order chi connectivity index (χ1) is 6.00. The second-order valence-corrected chi connectivity index (χ2v) is 7.13. The molecule has 9 heteroatoms. The van der Waals surface area contributed by atoms with Gasteiger partial charge in [0, 0.05) is 0 Å². The fraction of sp³-hybridized carbons (Fsp3) is 1.00. The molecule has 0 aliphatic rings. The van der Waals surface area contributed by atoms with Crippen LogP contribution < -0.4 is 9.41 Å². The Labute approximate surface area is 106 Å². The van der Waals surface area contributed by atoms with E-state index in [1.165, 1.54) is 0 Å². The van der Waals surface area contributed by atoms with E-state index >= 15 is 0 Å². The molecule has 0 heterocycles. The van der Waals surface area contributed by atoms with Gasteiger partial charge >= 0.3 is 31.1 Å². The minimum absolute atomic E-state index is 0. The quantitative estimate of drug-likeness (QED) is 0.246. The third kappa shape index (κ3) is 71300. The van der Waals surface area contributed by atoms with Crippen molar-refractivity contribution in [2.75, 3.05) is 56.4 Å². The van der Waals surface area contributed by atoms with Crippen molar-refractivity contribution in [2.45, 2.75) is 0 Å². The van der Waals surface area contributed by atoms with Crippen molar-refractivity contribution in [3.8, 4) is 0 Å². The van der Waals surface area contributed by atoms with Crippen LogP contribution in [0.25, 0.3) is 0 Å². The molecular formula is C8H24F6N2Ti. The van der Waals surface area contributed by atoms with Crippen LogP contribution in [-0.4, -0.2) is 65.3 Å². The van der Waals surface area contributed by atoms with E-state index in [-0.39, 0.29) is 9.41 Å². The molecule has 0 rings (SSSR count). The van der Waals surface area contributed by atoms with Crippen molar-refractivity contribution in [2.24, 2.45) is 0 Å². The van der Waals surface area contributed by atoms with Gasteiger partial charge in [-0.2, -0.15) is 0 Å². The van der Waals surface area contributed by atoms with E-state index in [0.717, 1.165) is 8.97 Å². The van der Waals surface area contributed by atoms with Gasteiger partial charge in [0.15, 0.2) is 0 Å². The molecule has 0 aromatic carbocycles. The number of halogens is 6. The van der Waals surface area contributed by atoms with Crippen LogP contribution in [-0.2, 0) is 18.7 Å². The first-order valence-electron chi connectivity index (χ1n) is 4.33. The molecule has 0 aliphatic heterocycles. The Bertz CT molecular complexity index is 103. The Balaban J connectivity index is -0.0000000400. The van der Waals surface area contributed by atoms with Crippen LogP contribution in [0.1, 0.15) is 0 Å². The minimum atomic E-state index is -7.00. The van der Waals surface area contributed by atoms with Crippen LogP contribution in [0.15, 0.2) is 0 Å². The molecule has 0 unspecified atom stereocenters. The molecule has 0 atom stereocenters. The molecule has 0 bridgehead atoms. The average molecular weight is 310 g/mol. The van der Waals surface area contributed by atoms with Gasteiger partial charge in [-0.3, -0.25) is 0 Å². The fourth-order valence-electron chi connectivity index (χ4n) is 0. The standard InChI is InChI=1S/2C4H12N.6FH.Ti/c2*1-5(2,3)4;;;;;;;/h2*1-4H3;6*1H;/q2*+1;;;;;;;+4/p-6. The Morgan fingerprint density at radius 3 is 0.529 bits per heavy atom. The predicted molar refractivity (Wildman–Crippen MR) is 52.3 cm³/mol. The Kier molecular flexibility index (Phi) is 20.2. The molecule has 0 saturated carbocycles. The Morgan fingerprint density at radius 2 is 0.529 bits per heavy atom. The van der Waals surface area contributed by atoms with Crippen molar-refractivity contribution in [3.05, 3.63) is 0 Å². The molecule has 112 valence electrons. The van der Waals surface area contributed by atoms with Crippen molar-refractivity contribution in [3.63, 3.8) is 0 Å². The Hall–Kier alpha value is 0.214. The normalized spacial score (nSPS) is 10.6. The SMILES string of the molecule is C[N+](C)(C)C.C[N+](C)(C)C.[F-].[F-].[F][Ti]([F])([F])[F]. The summed E-state index contributed by atoms with van der Waals surface area (Å²) in [5, 5.41) is 0. The summed E-state index contributed by atoms with van der Waals surface area (Å²) in [5.74, 6) is 0. The molecule has 0 aromatic heterocycles. The summed E-state index contributed by atoms with van der Waals surface area (Å²) < 4.78 is 41.5. The van der Waals surface area contributed by atoms with Crippen molar-refractivity contribution < 1.29 is 49.5 Å². The number of rotatable bonds is 0. The number of quaternary nitrogens is 2. The van der Waals surface area contributed by atoms with Gasteiger partial charge in [-0.05, 0) is 0 Å². The maximum atomic E-state index is 9.88. The topological polar surface area (TPSA) is 0 Å². The van der Waals surface area contributed by atoms with Crippen molar-refractivity contribution >= 4 is 0 Å². The van der Waals surface area contributed by atoms with Gasteiger partial charge in [0.05, 0.1) is 56.4 Å². The summed E-state index contributed by atoms with van der Waals surface area (Å²) in [7, 11) is 17.0.